The number of hydrogen-bond donors (Lipinski definition) is 1. The molecule has 3 rings (SSSR count). The SMILES string of the molecule is N#CC1(Nc2ccc(Br)cc2)CCN2CCCC21. The van der Waals surface area contributed by atoms with E-state index in [2.05, 4.69) is 32.2 Å². The van der Waals surface area contributed by atoms with Gasteiger partial charge in [-0.15, -0.1) is 0 Å². The van der Waals surface area contributed by atoms with Crippen LogP contribution >= 0.6 is 15.9 Å². The molecular weight excluding hydrogens is 290 g/mol. The van der Waals surface area contributed by atoms with Crippen molar-refractivity contribution < 1.29 is 0 Å². The summed E-state index contributed by atoms with van der Waals surface area (Å²) in [5.41, 5.74) is 0.637. The molecule has 0 bridgehead atoms. The molecule has 3 nitrogen and oxygen atoms in total. The van der Waals surface area contributed by atoms with Crippen molar-refractivity contribution in [1.29, 1.82) is 5.26 Å². The van der Waals surface area contributed by atoms with E-state index in [-0.39, 0.29) is 0 Å². The lowest BCUT2D eigenvalue weighted by atomic mass is 9.90. The Balaban J connectivity index is 1.85. The summed E-state index contributed by atoms with van der Waals surface area (Å²) in [7, 11) is 0. The van der Waals surface area contributed by atoms with Gasteiger partial charge in [-0.2, -0.15) is 5.26 Å². The highest BCUT2D eigenvalue weighted by Gasteiger charge is 2.49. The number of anilines is 1. The lowest BCUT2D eigenvalue weighted by molar-refractivity contribution is 0.301. The first-order valence-electron chi connectivity index (χ1n) is 6.43. The zero-order valence-electron chi connectivity index (χ0n) is 10.2. The molecule has 1 aromatic carbocycles. The van der Waals surface area contributed by atoms with Crippen LogP contribution in [0.25, 0.3) is 0 Å². The van der Waals surface area contributed by atoms with Crippen molar-refractivity contribution in [1.82, 2.24) is 4.90 Å². The fourth-order valence-electron chi connectivity index (χ4n) is 3.23. The molecule has 4 heteroatoms. The standard InChI is InChI=1S/C14H16BrN3/c15-11-3-5-12(6-4-11)17-14(10-16)7-9-18-8-1-2-13(14)18/h3-6,13,17H,1-2,7-9H2. The molecule has 2 heterocycles. The second-order valence-corrected chi connectivity index (χ2v) is 6.07. The minimum Gasteiger partial charge on any atom is -0.366 e. The molecule has 2 atom stereocenters. The summed E-state index contributed by atoms with van der Waals surface area (Å²) in [5.74, 6) is 0. The van der Waals surface area contributed by atoms with E-state index < -0.39 is 5.54 Å². The summed E-state index contributed by atoms with van der Waals surface area (Å²) in [6, 6.07) is 11.0. The number of hydrogen-bond acceptors (Lipinski definition) is 3. The van der Waals surface area contributed by atoms with Crippen molar-refractivity contribution >= 4 is 21.6 Å². The van der Waals surface area contributed by atoms with E-state index in [1.54, 1.807) is 0 Å². The van der Waals surface area contributed by atoms with Crippen molar-refractivity contribution in [2.45, 2.75) is 30.8 Å². The maximum Gasteiger partial charge on any atom is 0.142 e. The molecule has 94 valence electrons. The first kappa shape index (κ1) is 12.0. The number of rotatable bonds is 2. The smallest absolute Gasteiger partial charge is 0.142 e. The molecule has 1 aromatic rings. The largest absolute Gasteiger partial charge is 0.366 e. The minimum absolute atomic E-state index is 0.381. The molecule has 2 aliphatic heterocycles. The van der Waals surface area contributed by atoms with Gasteiger partial charge in [-0.25, -0.2) is 0 Å². The number of nitrogens with one attached hydrogen (secondary N) is 1. The molecule has 0 spiro atoms. The minimum atomic E-state index is -0.398. The predicted molar refractivity (Wildman–Crippen MR) is 75.3 cm³/mol. The quantitative estimate of drug-likeness (QED) is 0.913. The van der Waals surface area contributed by atoms with Crippen LogP contribution in [0.1, 0.15) is 19.3 Å². The van der Waals surface area contributed by atoms with Crippen LogP contribution in [0.15, 0.2) is 28.7 Å². The van der Waals surface area contributed by atoms with E-state index in [0.717, 1.165) is 36.1 Å². The van der Waals surface area contributed by atoms with Crippen LogP contribution in [-0.4, -0.2) is 29.6 Å². The van der Waals surface area contributed by atoms with Crippen molar-refractivity contribution in [3.05, 3.63) is 28.7 Å². The third kappa shape index (κ3) is 1.92. The molecule has 1 N–H and O–H groups in total. The van der Waals surface area contributed by atoms with Gasteiger partial charge in [0.05, 0.1) is 6.07 Å². The van der Waals surface area contributed by atoms with E-state index in [0.29, 0.717) is 6.04 Å². The van der Waals surface area contributed by atoms with Gasteiger partial charge in [0.15, 0.2) is 0 Å². The second-order valence-electron chi connectivity index (χ2n) is 5.16. The molecule has 2 aliphatic rings. The van der Waals surface area contributed by atoms with Gasteiger partial charge in [-0.1, -0.05) is 15.9 Å². The van der Waals surface area contributed by atoms with Crippen molar-refractivity contribution in [3.63, 3.8) is 0 Å². The molecule has 0 aromatic heterocycles. The first-order valence-corrected chi connectivity index (χ1v) is 7.22. The van der Waals surface area contributed by atoms with Gasteiger partial charge >= 0.3 is 0 Å². The average Bonchev–Trinajstić information content (AvgIpc) is 2.96. The highest BCUT2D eigenvalue weighted by molar-refractivity contribution is 9.10. The van der Waals surface area contributed by atoms with Crippen molar-refractivity contribution in [3.8, 4) is 6.07 Å². The first-order chi connectivity index (χ1) is 8.73. The Kier molecular flexibility index (Phi) is 3.04. The Bertz CT molecular complexity index is 479. The number of halogens is 1. The lowest BCUT2D eigenvalue weighted by Crippen LogP contribution is -2.46. The maximum absolute atomic E-state index is 9.63. The Morgan fingerprint density at radius 2 is 2.11 bits per heavy atom. The monoisotopic (exact) mass is 305 g/mol. The number of fused-ring (bicyclic) bond motifs is 1. The Labute approximate surface area is 116 Å². The van der Waals surface area contributed by atoms with E-state index >= 15 is 0 Å². The Morgan fingerprint density at radius 1 is 1.33 bits per heavy atom. The predicted octanol–water partition coefficient (Wildman–Crippen LogP) is 2.99. The van der Waals surface area contributed by atoms with Gasteiger partial charge in [0.25, 0.3) is 0 Å². The molecule has 2 saturated heterocycles. The maximum atomic E-state index is 9.63. The third-order valence-electron chi connectivity index (χ3n) is 4.14. The van der Waals surface area contributed by atoms with Gasteiger partial charge in [-0.05, 0) is 50.1 Å². The topological polar surface area (TPSA) is 39.1 Å². The molecule has 18 heavy (non-hydrogen) atoms. The number of benzene rings is 1. The summed E-state index contributed by atoms with van der Waals surface area (Å²) >= 11 is 3.43. The molecule has 0 aliphatic carbocycles. The summed E-state index contributed by atoms with van der Waals surface area (Å²) in [4.78, 5) is 2.45. The molecule has 2 unspecified atom stereocenters. The molecule has 0 radical (unpaired) electrons. The van der Waals surface area contributed by atoms with E-state index in [4.69, 9.17) is 0 Å². The van der Waals surface area contributed by atoms with Gasteiger partial charge in [0.2, 0.25) is 0 Å². The van der Waals surface area contributed by atoms with Crippen LogP contribution in [0, 0.1) is 11.3 Å². The molecule has 2 fully saturated rings. The van der Waals surface area contributed by atoms with Crippen LogP contribution in [0.3, 0.4) is 0 Å². The number of nitrogens with zero attached hydrogens (tertiary/aromatic N) is 2. The fraction of sp³-hybridized carbons (Fsp3) is 0.500. The number of nitriles is 1. The normalized spacial score (nSPS) is 31.0. The van der Waals surface area contributed by atoms with E-state index in [9.17, 15) is 5.26 Å². The van der Waals surface area contributed by atoms with Crippen molar-refractivity contribution in [2.75, 3.05) is 18.4 Å². The van der Waals surface area contributed by atoms with Crippen LogP contribution in [-0.2, 0) is 0 Å². The van der Waals surface area contributed by atoms with Crippen molar-refractivity contribution in [2.24, 2.45) is 0 Å². The van der Waals surface area contributed by atoms with E-state index in [1.807, 2.05) is 24.3 Å². The second kappa shape index (κ2) is 4.56. The Morgan fingerprint density at radius 3 is 2.83 bits per heavy atom. The zero-order valence-corrected chi connectivity index (χ0v) is 11.8. The van der Waals surface area contributed by atoms with Crippen LogP contribution < -0.4 is 5.32 Å². The summed E-state index contributed by atoms with van der Waals surface area (Å²) in [5, 5.41) is 13.1. The summed E-state index contributed by atoms with van der Waals surface area (Å²) < 4.78 is 1.06. The molecule has 0 amide bonds. The highest BCUT2D eigenvalue weighted by atomic mass is 79.9. The average molecular weight is 306 g/mol. The van der Waals surface area contributed by atoms with E-state index in [1.165, 1.54) is 6.42 Å². The fourth-order valence-corrected chi connectivity index (χ4v) is 3.50. The summed E-state index contributed by atoms with van der Waals surface area (Å²) in [6.07, 6.45) is 3.28. The van der Waals surface area contributed by atoms with Crippen LogP contribution in [0.2, 0.25) is 0 Å². The van der Waals surface area contributed by atoms with Gasteiger partial charge in [0.1, 0.15) is 5.54 Å². The lowest BCUT2D eigenvalue weighted by Gasteiger charge is -2.30. The zero-order chi connectivity index (χ0) is 12.6. The molecule has 0 saturated carbocycles. The van der Waals surface area contributed by atoms with Crippen LogP contribution in [0.4, 0.5) is 5.69 Å². The van der Waals surface area contributed by atoms with Gasteiger partial charge in [-0.3, -0.25) is 4.90 Å². The van der Waals surface area contributed by atoms with Gasteiger partial charge < -0.3 is 5.32 Å². The highest BCUT2D eigenvalue weighted by Crippen LogP contribution is 2.38. The molecular formula is C14H16BrN3. The Hall–Kier alpha value is -1.05. The third-order valence-corrected chi connectivity index (χ3v) is 4.67. The van der Waals surface area contributed by atoms with Crippen LogP contribution in [0.5, 0.6) is 0 Å². The van der Waals surface area contributed by atoms with Gasteiger partial charge in [0, 0.05) is 22.7 Å². The summed E-state index contributed by atoms with van der Waals surface area (Å²) in [6.45, 7) is 2.19.